The van der Waals surface area contributed by atoms with Crippen molar-refractivity contribution in [1.29, 1.82) is 5.41 Å². The molecule has 1 aliphatic rings. The van der Waals surface area contributed by atoms with Crippen molar-refractivity contribution in [3.63, 3.8) is 0 Å². The van der Waals surface area contributed by atoms with Gasteiger partial charge in [-0.1, -0.05) is 0 Å². The molecule has 0 unspecified atom stereocenters. The number of hydrogen-bond acceptors (Lipinski definition) is 1. The molecule has 0 atom stereocenters. The quantitative estimate of drug-likeness (QED) is 0.446. The zero-order valence-corrected chi connectivity index (χ0v) is 5.18. The van der Waals surface area contributed by atoms with Crippen LogP contribution in [0.1, 0.15) is 6.92 Å². The van der Waals surface area contributed by atoms with Gasteiger partial charge in [0.2, 0.25) is 0 Å². The van der Waals surface area contributed by atoms with Crippen LogP contribution in [0, 0.1) is 5.41 Å². The van der Waals surface area contributed by atoms with Crippen LogP contribution in [0.5, 0.6) is 0 Å². The van der Waals surface area contributed by atoms with Gasteiger partial charge in [-0.15, -0.1) is 0 Å². The first-order valence-corrected chi connectivity index (χ1v) is 2.69. The fourth-order valence-electron chi connectivity index (χ4n) is 0.502. The number of nitrogens with one attached hydrogen (secondary N) is 1. The number of allylic oxidation sites excluding steroid dienone is 3. The molecule has 44 valence electrons. The molecule has 9 heavy (non-hydrogen) atoms. The van der Waals surface area contributed by atoms with Gasteiger partial charge in [0.25, 0.3) is 0 Å². The minimum atomic E-state index is 0.479. The van der Waals surface area contributed by atoms with Gasteiger partial charge in [0.05, 0.1) is 5.71 Å². The van der Waals surface area contributed by atoms with Gasteiger partial charge in [0, 0.05) is 6.08 Å². The molecule has 0 fully saturated rings. The Kier molecular flexibility index (Phi) is 1.46. The van der Waals surface area contributed by atoms with E-state index in [0.717, 1.165) is 5.57 Å². The summed E-state index contributed by atoms with van der Waals surface area (Å²) in [5.74, 6) is 2.69. The Hall–Kier alpha value is -1.36. The fourth-order valence-corrected chi connectivity index (χ4v) is 0.502. The molecule has 0 radical (unpaired) electrons. The molecular formula is C7H7N2+. The van der Waals surface area contributed by atoms with Crippen molar-refractivity contribution in [2.45, 2.75) is 6.92 Å². The summed E-state index contributed by atoms with van der Waals surface area (Å²) in [6.07, 6.45) is 5.04. The lowest BCUT2D eigenvalue weighted by atomic mass is 10.2. The minimum absolute atomic E-state index is 0.479. The topological polar surface area (TPSA) is 38.0 Å². The van der Waals surface area contributed by atoms with E-state index in [-0.39, 0.29) is 0 Å². The van der Waals surface area contributed by atoms with Crippen molar-refractivity contribution in [3.8, 4) is 0 Å². The summed E-state index contributed by atoms with van der Waals surface area (Å²) in [7, 11) is 0. The SMILES string of the molecule is CC1=C=[N+]=CC=CC1=N. The van der Waals surface area contributed by atoms with E-state index in [1.54, 1.807) is 18.4 Å². The van der Waals surface area contributed by atoms with E-state index in [9.17, 15) is 0 Å². The smallest absolute Gasteiger partial charge is 0.300 e. The highest BCUT2D eigenvalue weighted by Crippen LogP contribution is 1.90. The van der Waals surface area contributed by atoms with E-state index >= 15 is 0 Å². The van der Waals surface area contributed by atoms with Crippen molar-refractivity contribution in [3.05, 3.63) is 17.7 Å². The molecule has 2 heteroatoms. The van der Waals surface area contributed by atoms with E-state index < -0.39 is 0 Å². The lowest BCUT2D eigenvalue weighted by Crippen LogP contribution is -1.91. The summed E-state index contributed by atoms with van der Waals surface area (Å²) < 4.78 is 3.76. The number of nitrogens with zero attached hydrogens (tertiary/aromatic N) is 1. The van der Waals surface area contributed by atoms with E-state index in [2.05, 4.69) is 10.5 Å². The second-order valence-corrected chi connectivity index (χ2v) is 1.79. The predicted molar refractivity (Wildman–Crippen MR) is 39.3 cm³/mol. The van der Waals surface area contributed by atoms with Gasteiger partial charge in [0.1, 0.15) is 5.57 Å². The molecule has 0 aromatic heterocycles. The summed E-state index contributed by atoms with van der Waals surface area (Å²) >= 11 is 0. The zero-order valence-electron chi connectivity index (χ0n) is 5.18. The van der Waals surface area contributed by atoms with Gasteiger partial charge in [0.15, 0.2) is 0 Å². The highest BCUT2D eigenvalue weighted by Gasteiger charge is 1.98. The van der Waals surface area contributed by atoms with E-state index in [1.807, 2.05) is 6.92 Å². The van der Waals surface area contributed by atoms with E-state index in [1.165, 1.54) is 0 Å². The summed E-state index contributed by atoms with van der Waals surface area (Å²) in [5.41, 5.74) is 1.26. The molecule has 1 N–H and O–H groups in total. The van der Waals surface area contributed by atoms with Crippen molar-refractivity contribution in [1.82, 2.24) is 4.67 Å². The van der Waals surface area contributed by atoms with Crippen LogP contribution in [0.25, 0.3) is 0 Å². The second kappa shape index (κ2) is 2.27. The third kappa shape index (κ3) is 1.26. The molecule has 0 aliphatic carbocycles. The van der Waals surface area contributed by atoms with Crippen LogP contribution >= 0.6 is 0 Å². The maximum absolute atomic E-state index is 7.27. The molecule has 0 spiro atoms. The van der Waals surface area contributed by atoms with Crippen LogP contribution in [0.3, 0.4) is 0 Å². The van der Waals surface area contributed by atoms with Crippen LogP contribution in [-0.2, 0) is 0 Å². The number of hydrogen-bond donors (Lipinski definition) is 1. The molecule has 0 bridgehead atoms. The molecule has 1 aliphatic heterocycles. The fraction of sp³-hybridized carbons (Fsp3) is 0.143. The van der Waals surface area contributed by atoms with Crippen LogP contribution < -0.4 is 4.67 Å². The molecule has 0 saturated carbocycles. The molecule has 0 aromatic rings. The molecule has 0 aromatic carbocycles. The van der Waals surface area contributed by atoms with E-state index in [4.69, 9.17) is 5.41 Å². The molecule has 1 rings (SSSR count). The van der Waals surface area contributed by atoms with Gasteiger partial charge in [-0.25, -0.2) is 0 Å². The highest BCUT2D eigenvalue weighted by molar-refractivity contribution is 6.13. The zero-order chi connectivity index (χ0) is 6.69. The Morgan fingerprint density at radius 3 is 3.22 bits per heavy atom. The Morgan fingerprint density at radius 1 is 1.67 bits per heavy atom. The van der Waals surface area contributed by atoms with Gasteiger partial charge in [-0.2, -0.15) is 0 Å². The second-order valence-electron chi connectivity index (χ2n) is 1.79. The normalized spacial score (nSPS) is 15.7. The third-order valence-corrected chi connectivity index (χ3v) is 1.06. The Balaban J connectivity index is 3.16. The van der Waals surface area contributed by atoms with Gasteiger partial charge < -0.3 is 0 Å². The van der Waals surface area contributed by atoms with Crippen molar-refractivity contribution in [2.24, 2.45) is 0 Å². The molecule has 2 nitrogen and oxygen atoms in total. The van der Waals surface area contributed by atoms with Gasteiger partial charge in [-0.05, 0) is 17.7 Å². The summed E-state index contributed by atoms with van der Waals surface area (Å²) in [6, 6.07) is 0. The molecule has 1 heterocycles. The molecule has 0 saturated heterocycles. The Labute approximate surface area is 53.5 Å². The monoisotopic (exact) mass is 119 g/mol. The van der Waals surface area contributed by atoms with Crippen LogP contribution in [0.4, 0.5) is 0 Å². The van der Waals surface area contributed by atoms with Crippen molar-refractivity contribution < 1.29 is 0 Å². The third-order valence-electron chi connectivity index (χ3n) is 1.06. The average Bonchev–Trinajstić information content (AvgIpc) is 1.99. The standard InChI is InChI=1S/C7H7N2/c1-6-5-9-4-2-3-7(6)8/h2-4,8H,1H3/q+1. The maximum Gasteiger partial charge on any atom is 0.316 e. The van der Waals surface area contributed by atoms with Crippen LogP contribution in [0.15, 0.2) is 17.7 Å². The van der Waals surface area contributed by atoms with Crippen LogP contribution in [-0.4, -0.2) is 17.8 Å². The van der Waals surface area contributed by atoms with Crippen LogP contribution in [0.2, 0.25) is 0 Å². The summed E-state index contributed by atoms with van der Waals surface area (Å²) in [4.78, 5) is 0. The summed E-state index contributed by atoms with van der Waals surface area (Å²) in [5, 5.41) is 7.27. The first-order valence-electron chi connectivity index (χ1n) is 2.69. The number of rotatable bonds is 0. The minimum Gasteiger partial charge on any atom is -0.300 e. The van der Waals surface area contributed by atoms with E-state index in [0.29, 0.717) is 5.71 Å². The Morgan fingerprint density at radius 2 is 2.44 bits per heavy atom. The summed E-state index contributed by atoms with van der Waals surface area (Å²) in [6.45, 7) is 1.81. The van der Waals surface area contributed by atoms with Gasteiger partial charge in [-0.3, -0.25) is 5.41 Å². The largest absolute Gasteiger partial charge is 0.316 e. The molecule has 0 amide bonds. The molecular weight excluding hydrogens is 112 g/mol. The highest BCUT2D eigenvalue weighted by atomic mass is 14.5. The Bertz CT molecular complexity index is 259. The average molecular weight is 119 g/mol. The van der Waals surface area contributed by atoms with Crippen molar-refractivity contribution in [2.75, 3.05) is 0 Å². The van der Waals surface area contributed by atoms with Crippen molar-refractivity contribution >= 4 is 17.8 Å². The predicted octanol–water partition coefficient (Wildman–Crippen LogP) is 0.330. The first-order chi connectivity index (χ1) is 4.30. The maximum atomic E-state index is 7.27. The van der Waals surface area contributed by atoms with Gasteiger partial charge >= 0.3 is 12.1 Å². The first kappa shape index (κ1) is 5.77. The lowest BCUT2D eigenvalue weighted by molar-refractivity contribution is 1.48. The lowest BCUT2D eigenvalue weighted by Gasteiger charge is -1.83.